The Kier molecular flexibility index (Phi) is 3.67. The van der Waals surface area contributed by atoms with Gasteiger partial charge in [-0.1, -0.05) is 44.2 Å². The Morgan fingerprint density at radius 1 is 1.21 bits per heavy atom. The number of nitrogens with two attached hydrogens (primary N) is 2. The van der Waals surface area contributed by atoms with E-state index in [0.29, 0.717) is 6.54 Å². The Balaban J connectivity index is 2.64. The van der Waals surface area contributed by atoms with Crippen LogP contribution in [0, 0.1) is 5.41 Å². The molecule has 1 aromatic carbocycles. The van der Waals surface area contributed by atoms with Gasteiger partial charge in [-0.25, -0.2) is 0 Å². The first-order chi connectivity index (χ1) is 6.55. The molecule has 2 nitrogen and oxygen atoms in total. The third-order valence-corrected chi connectivity index (χ3v) is 2.55. The molecule has 1 aromatic rings. The second-order valence-electron chi connectivity index (χ2n) is 4.59. The minimum absolute atomic E-state index is 0.0924. The molecule has 14 heavy (non-hydrogen) atoms. The normalized spacial score (nSPS) is 14.0. The van der Waals surface area contributed by atoms with E-state index in [1.165, 1.54) is 5.56 Å². The van der Waals surface area contributed by atoms with Crippen molar-refractivity contribution in [3.63, 3.8) is 0 Å². The van der Waals surface area contributed by atoms with Gasteiger partial charge in [0.25, 0.3) is 0 Å². The van der Waals surface area contributed by atoms with Crippen molar-refractivity contribution in [3.8, 4) is 0 Å². The van der Waals surface area contributed by atoms with Crippen LogP contribution in [0.1, 0.15) is 31.9 Å². The van der Waals surface area contributed by atoms with Gasteiger partial charge in [0, 0.05) is 6.04 Å². The average Bonchev–Trinajstić information content (AvgIpc) is 2.19. The monoisotopic (exact) mass is 192 g/mol. The van der Waals surface area contributed by atoms with E-state index in [1.54, 1.807) is 0 Å². The van der Waals surface area contributed by atoms with Crippen LogP contribution < -0.4 is 11.5 Å². The summed E-state index contributed by atoms with van der Waals surface area (Å²) in [6, 6.07) is 10.3. The fourth-order valence-electron chi connectivity index (χ4n) is 1.50. The summed E-state index contributed by atoms with van der Waals surface area (Å²) in [6.07, 6.45) is 0.924. The van der Waals surface area contributed by atoms with E-state index in [-0.39, 0.29) is 11.5 Å². The molecule has 0 fully saturated rings. The van der Waals surface area contributed by atoms with Crippen LogP contribution in [0.25, 0.3) is 0 Å². The fraction of sp³-hybridized carbons (Fsp3) is 0.500. The average molecular weight is 192 g/mol. The van der Waals surface area contributed by atoms with Crippen molar-refractivity contribution in [2.24, 2.45) is 16.9 Å². The Morgan fingerprint density at radius 2 is 1.79 bits per heavy atom. The summed E-state index contributed by atoms with van der Waals surface area (Å²) in [6.45, 7) is 4.97. The summed E-state index contributed by atoms with van der Waals surface area (Å²) in [5.41, 5.74) is 13.1. The lowest BCUT2D eigenvalue weighted by atomic mass is 9.84. The van der Waals surface area contributed by atoms with Crippen LogP contribution in [0.2, 0.25) is 0 Å². The highest BCUT2D eigenvalue weighted by molar-refractivity contribution is 5.18. The molecular formula is C12H20N2. The van der Waals surface area contributed by atoms with Gasteiger partial charge in [0.2, 0.25) is 0 Å². The lowest BCUT2D eigenvalue weighted by molar-refractivity contribution is 0.317. The van der Waals surface area contributed by atoms with Crippen molar-refractivity contribution in [1.82, 2.24) is 0 Å². The highest BCUT2D eigenvalue weighted by Gasteiger charge is 2.20. The van der Waals surface area contributed by atoms with Crippen LogP contribution in [0.5, 0.6) is 0 Å². The minimum atomic E-state index is 0.0924. The predicted octanol–water partition coefficient (Wildman–Crippen LogP) is 2.06. The summed E-state index contributed by atoms with van der Waals surface area (Å²) in [5, 5.41) is 0. The SMILES string of the molecule is CC(C)(CN)CC(N)c1ccccc1. The molecule has 0 aliphatic carbocycles. The largest absolute Gasteiger partial charge is 0.330 e. The standard InChI is InChI=1S/C12H20N2/c1-12(2,9-13)8-11(14)10-6-4-3-5-7-10/h3-7,11H,8-9,13-14H2,1-2H3. The second-order valence-corrected chi connectivity index (χ2v) is 4.59. The Hall–Kier alpha value is -0.860. The van der Waals surface area contributed by atoms with E-state index in [4.69, 9.17) is 11.5 Å². The molecule has 4 N–H and O–H groups in total. The quantitative estimate of drug-likeness (QED) is 0.767. The molecule has 0 saturated heterocycles. The topological polar surface area (TPSA) is 52.0 Å². The molecule has 0 saturated carbocycles. The van der Waals surface area contributed by atoms with Crippen molar-refractivity contribution in [2.45, 2.75) is 26.3 Å². The van der Waals surface area contributed by atoms with Gasteiger partial charge in [0.1, 0.15) is 0 Å². The molecule has 78 valence electrons. The summed E-state index contributed by atoms with van der Waals surface area (Å²) >= 11 is 0. The molecule has 0 heterocycles. The number of hydrogen-bond donors (Lipinski definition) is 2. The Morgan fingerprint density at radius 3 is 2.29 bits per heavy atom. The molecule has 1 atom stereocenters. The Bertz CT molecular complexity index is 267. The summed E-state index contributed by atoms with van der Waals surface area (Å²) in [7, 11) is 0. The number of rotatable bonds is 4. The molecule has 0 aliphatic heterocycles. The minimum Gasteiger partial charge on any atom is -0.330 e. The smallest absolute Gasteiger partial charge is 0.0300 e. The van der Waals surface area contributed by atoms with Crippen LogP contribution in [0.3, 0.4) is 0 Å². The first-order valence-corrected chi connectivity index (χ1v) is 5.06. The fourth-order valence-corrected chi connectivity index (χ4v) is 1.50. The highest BCUT2D eigenvalue weighted by Crippen LogP contribution is 2.26. The van der Waals surface area contributed by atoms with E-state index >= 15 is 0 Å². The number of benzene rings is 1. The van der Waals surface area contributed by atoms with Gasteiger partial charge in [-0.05, 0) is 23.9 Å². The molecule has 1 unspecified atom stereocenters. The zero-order valence-electron chi connectivity index (χ0n) is 9.03. The van der Waals surface area contributed by atoms with Crippen molar-refractivity contribution >= 4 is 0 Å². The van der Waals surface area contributed by atoms with Crippen molar-refractivity contribution in [3.05, 3.63) is 35.9 Å². The van der Waals surface area contributed by atoms with Gasteiger partial charge in [-0.15, -0.1) is 0 Å². The van der Waals surface area contributed by atoms with Crippen LogP contribution in [-0.2, 0) is 0 Å². The lowest BCUT2D eigenvalue weighted by Crippen LogP contribution is -2.28. The van der Waals surface area contributed by atoms with E-state index in [9.17, 15) is 0 Å². The number of hydrogen-bond acceptors (Lipinski definition) is 2. The molecule has 0 amide bonds. The summed E-state index contributed by atoms with van der Waals surface area (Å²) in [5.74, 6) is 0. The molecule has 0 aliphatic rings. The third kappa shape index (κ3) is 3.13. The first-order valence-electron chi connectivity index (χ1n) is 5.06. The molecule has 0 spiro atoms. The predicted molar refractivity (Wildman–Crippen MR) is 60.8 cm³/mol. The summed E-state index contributed by atoms with van der Waals surface area (Å²) < 4.78 is 0. The maximum Gasteiger partial charge on any atom is 0.0300 e. The molecule has 2 heteroatoms. The van der Waals surface area contributed by atoms with Crippen LogP contribution in [0.15, 0.2) is 30.3 Å². The third-order valence-electron chi connectivity index (χ3n) is 2.55. The molecular weight excluding hydrogens is 172 g/mol. The van der Waals surface area contributed by atoms with Gasteiger partial charge in [0.15, 0.2) is 0 Å². The molecule has 1 rings (SSSR count). The Labute approximate surface area is 86.3 Å². The van der Waals surface area contributed by atoms with E-state index in [0.717, 1.165) is 6.42 Å². The van der Waals surface area contributed by atoms with Crippen LogP contribution >= 0.6 is 0 Å². The molecule has 0 radical (unpaired) electrons. The van der Waals surface area contributed by atoms with Crippen molar-refractivity contribution in [2.75, 3.05) is 6.54 Å². The maximum absolute atomic E-state index is 6.10. The second kappa shape index (κ2) is 4.58. The van der Waals surface area contributed by atoms with Crippen LogP contribution in [0.4, 0.5) is 0 Å². The van der Waals surface area contributed by atoms with Crippen molar-refractivity contribution < 1.29 is 0 Å². The van der Waals surface area contributed by atoms with Gasteiger partial charge < -0.3 is 11.5 Å². The molecule has 0 aromatic heterocycles. The van der Waals surface area contributed by atoms with Gasteiger partial charge >= 0.3 is 0 Å². The first kappa shape index (κ1) is 11.2. The van der Waals surface area contributed by atoms with Crippen molar-refractivity contribution in [1.29, 1.82) is 0 Å². The van der Waals surface area contributed by atoms with Crippen LogP contribution in [-0.4, -0.2) is 6.54 Å². The molecule has 0 bridgehead atoms. The van der Waals surface area contributed by atoms with Gasteiger partial charge in [-0.2, -0.15) is 0 Å². The van der Waals surface area contributed by atoms with E-state index < -0.39 is 0 Å². The van der Waals surface area contributed by atoms with Gasteiger partial charge in [-0.3, -0.25) is 0 Å². The van der Waals surface area contributed by atoms with E-state index in [2.05, 4.69) is 26.0 Å². The summed E-state index contributed by atoms with van der Waals surface area (Å²) in [4.78, 5) is 0. The zero-order valence-corrected chi connectivity index (χ0v) is 9.03. The lowest BCUT2D eigenvalue weighted by Gasteiger charge is -2.26. The zero-order chi connectivity index (χ0) is 10.6. The van der Waals surface area contributed by atoms with E-state index in [1.807, 2.05) is 18.2 Å². The van der Waals surface area contributed by atoms with Gasteiger partial charge in [0.05, 0.1) is 0 Å². The maximum atomic E-state index is 6.10. The highest BCUT2D eigenvalue weighted by atomic mass is 14.7.